The van der Waals surface area contributed by atoms with E-state index in [1.54, 1.807) is 6.26 Å². The number of fused-ring (bicyclic) bond motifs is 1. The average molecular weight is 320 g/mol. The summed E-state index contributed by atoms with van der Waals surface area (Å²) in [6.07, 6.45) is 6.20. The zero-order chi connectivity index (χ0) is 16.4. The van der Waals surface area contributed by atoms with E-state index in [1.165, 1.54) is 16.8 Å². The van der Waals surface area contributed by atoms with Gasteiger partial charge < -0.3 is 8.98 Å². The molecule has 0 spiro atoms. The molecule has 1 unspecified atom stereocenters. The van der Waals surface area contributed by atoms with Crippen LogP contribution < -0.4 is 0 Å². The molecule has 0 saturated heterocycles. The molecule has 124 valence electrons. The molecule has 0 fully saturated rings. The fourth-order valence-electron chi connectivity index (χ4n) is 3.89. The van der Waals surface area contributed by atoms with Crippen LogP contribution in [0.3, 0.4) is 0 Å². The smallest absolute Gasteiger partial charge is 0.117 e. The third-order valence-corrected chi connectivity index (χ3v) is 5.02. The van der Waals surface area contributed by atoms with E-state index in [9.17, 15) is 0 Å². The lowest BCUT2D eigenvalue weighted by Gasteiger charge is -2.31. The fraction of sp³-hybridized carbons (Fsp3) is 0.333. The van der Waals surface area contributed by atoms with E-state index in [0.717, 1.165) is 38.2 Å². The van der Waals surface area contributed by atoms with Crippen LogP contribution in [0.4, 0.5) is 0 Å². The highest BCUT2D eigenvalue weighted by atomic mass is 16.3. The topological polar surface area (TPSA) is 21.3 Å². The number of rotatable bonds is 4. The SMILES string of the molecule is CCc1ccccc1C1c2cccn2CCCN1Cc1ccco1. The zero-order valence-corrected chi connectivity index (χ0v) is 14.2. The number of hydrogen-bond acceptors (Lipinski definition) is 2. The predicted molar refractivity (Wildman–Crippen MR) is 95.8 cm³/mol. The van der Waals surface area contributed by atoms with E-state index in [-0.39, 0.29) is 6.04 Å². The molecule has 24 heavy (non-hydrogen) atoms. The molecule has 2 aromatic heterocycles. The van der Waals surface area contributed by atoms with Crippen LogP contribution in [-0.4, -0.2) is 16.0 Å². The van der Waals surface area contributed by atoms with Crippen molar-refractivity contribution in [1.82, 2.24) is 9.47 Å². The molecule has 0 radical (unpaired) electrons. The lowest BCUT2D eigenvalue weighted by atomic mass is 9.95. The van der Waals surface area contributed by atoms with E-state index in [1.807, 2.05) is 6.07 Å². The van der Waals surface area contributed by atoms with Crippen molar-refractivity contribution in [1.29, 1.82) is 0 Å². The van der Waals surface area contributed by atoms with Gasteiger partial charge in [0.2, 0.25) is 0 Å². The summed E-state index contributed by atoms with van der Waals surface area (Å²) >= 11 is 0. The van der Waals surface area contributed by atoms with Crippen molar-refractivity contribution in [3.8, 4) is 0 Å². The van der Waals surface area contributed by atoms with E-state index < -0.39 is 0 Å². The first-order chi connectivity index (χ1) is 11.9. The van der Waals surface area contributed by atoms with E-state index in [4.69, 9.17) is 4.42 Å². The van der Waals surface area contributed by atoms with Gasteiger partial charge in [-0.2, -0.15) is 0 Å². The van der Waals surface area contributed by atoms with Crippen molar-refractivity contribution in [2.24, 2.45) is 0 Å². The molecule has 1 atom stereocenters. The second-order valence-corrected chi connectivity index (χ2v) is 6.48. The van der Waals surface area contributed by atoms with Gasteiger partial charge in [0.25, 0.3) is 0 Å². The summed E-state index contributed by atoms with van der Waals surface area (Å²) in [5.74, 6) is 1.04. The van der Waals surface area contributed by atoms with Crippen LogP contribution in [0.15, 0.2) is 65.4 Å². The monoisotopic (exact) mass is 320 g/mol. The van der Waals surface area contributed by atoms with Crippen molar-refractivity contribution < 1.29 is 4.42 Å². The van der Waals surface area contributed by atoms with Crippen LogP contribution in [-0.2, 0) is 19.5 Å². The molecule has 1 aromatic carbocycles. The van der Waals surface area contributed by atoms with Crippen LogP contribution >= 0.6 is 0 Å². The van der Waals surface area contributed by atoms with Crippen molar-refractivity contribution in [2.75, 3.05) is 6.54 Å². The Labute approximate surface area is 143 Å². The molecule has 0 aliphatic carbocycles. The summed E-state index contributed by atoms with van der Waals surface area (Å²) in [6.45, 7) is 5.25. The van der Waals surface area contributed by atoms with E-state index >= 15 is 0 Å². The van der Waals surface area contributed by atoms with Gasteiger partial charge >= 0.3 is 0 Å². The molecule has 3 aromatic rings. The molecule has 4 rings (SSSR count). The van der Waals surface area contributed by atoms with Gasteiger partial charge in [-0.3, -0.25) is 4.90 Å². The number of furan rings is 1. The minimum atomic E-state index is 0.281. The van der Waals surface area contributed by atoms with Crippen LogP contribution in [0.25, 0.3) is 0 Å². The molecule has 0 saturated carbocycles. The Hall–Kier alpha value is -2.26. The molecule has 3 nitrogen and oxygen atoms in total. The number of aryl methyl sites for hydroxylation is 2. The Morgan fingerprint density at radius 1 is 1.04 bits per heavy atom. The van der Waals surface area contributed by atoms with Crippen LogP contribution in [0.5, 0.6) is 0 Å². The van der Waals surface area contributed by atoms with Gasteiger partial charge in [-0.25, -0.2) is 0 Å². The zero-order valence-electron chi connectivity index (χ0n) is 14.2. The normalized spacial score (nSPS) is 18.3. The Morgan fingerprint density at radius 3 is 2.79 bits per heavy atom. The highest BCUT2D eigenvalue weighted by Gasteiger charge is 2.29. The first kappa shape index (κ1) is 15.3. The standard InChI is InChI=1S/C21H24N2O/c1-2-17-8-3-4-10-19(17)21-20-11-5-12-22(20)13-7-14-23(21)16-18-9-6-15-24-18/h3-6,8-12,15,21H,2,7,13-14,16H2,1H3. The molecular formula is C21H24N2O. The first-order valence-corrected chi connectivity index (χ1v) is 8.86. The van der Waals surface area contributed by atoms with Gasteiger partial charge in [-0.1, -0.05) is 31.2 Å². The van der Waals surface area contributed by atoms with Gasteiger partial charge in [0.1, 0.15) is 5.76 Å². The number of hydrogen-bond donors (Lipinski definition) is 0. The van der Waals surface area contributed by atoms with Gasteiger partial charge in [0.05, 0.1) is 18.8 Å². The lowest BCUT2D eigenvalue weighted by Crippen LogP contribution is -2.30. The number of aromatic nitrogens is 1. The fourth-order valence-corrected chi connectivity index (χ4v) is 3.89. The maximum Gasteiger partial charge on any atom is 0.117 e. The van der Waals surface area contributed by atoms with Crippen LogP contribution in [0.2, 0.25) is 0 Å². The molecule has 1 aliphatic heterocycles. The average Bonchev–Trinajstić information content (AvgIpc) is 3.25. The van der Waals surface area contributed by atoms with E-state index in [0.29, 0.717) is 0 Å². The molecule has 3 heteroatoms. The molecule has 1 aliphatic rings. The van der Waals surface area contributed by atoms with Crippen LogP contribution in [0, 0.1) is 0 Å². The van der Waals surface area contributed by atoms with Crippen LogP contribution in [0.1, 0.15) is 42.0 Å². The Kier molecular flexibility index (Phi) is 4.26. The Balaban J connectivity index is 1.79. The minimum Gasteiger partial charge on any atom is -0.468 e. The summed E-state index contributed by atoms with van der Waals surface area (Å²) < 4.78 is 8.05. The quantitative estimate of drug-likeness (QED) is 0.698. The van der Waals surface area contributed by atoms with Crippen molar-refractivity contribution in [2.45, 2.75) is 38.9 Å². The summed E-state index contributed by atoms with van der Waals surface area (Å²) in [4.78, 5) is 2.56. The van der Waals surface area contributed by atoms with E-state index in [2.05, 4.69) is 65.1 Å². The molecule has 0 amide bonds. The third kappa shape index (κ3) is 2.80. The van der Waals surface area contributed by atoms with Gasteiger partial charge in [-0.05, 0) is 48.2 Å². The second kappa shape index (κ2) is 6.70. The largest absolute Gasteiger partial charge is 0.468 e. The number of benzene rings is 1. The predicted octanol–water partition coefficient (Wildman–Crippen LogP) is 4.64. The summed E-state index contributed by atoms with van der Waals surface area (Å²) in [5.41, 5.74) is 4.25. The summed E-state index contributed by atoms with van der Waals surface area (Å²) in [7, 11) is 0. The highest BCUT2D eigenvalue weighted by molar-refractivity contribution is 5.36. The highest BCUT2D eigenvalue weighted by Crippen LogP contribution is 2.35. The van der Waals surface area contributed by atoms with Crippen molar-refractivity contribution >= 4 is 0 Å². The maximum absolute atomic E-state index is 5.64. The van der Waals surface area contributed by atoms with Crippen molar-refractivity contribution in [3.05, 3.63) is 83.6 Å². The molecule has 0 N–H and O–H groups in total. The molecule has 0 bridgehead atoms. The molecular weight excluding hydrogens is 296 g/mol. The van der Waals surface area contributed by atoms with Crippen molar-refractivity contribution in [3.63, 3.8) is 0 Å². The molecule has 3 heterocycles. The van der Waals surface area contributed by atoms with Gasteiger partial charge in [0.15, 0.2) is 0 Å². The van der Waals surface area contributed by atoms with Gasteiger partial charge in [0, 0.05) is 25.0 Å². The summed E-state index contributed by atoms with van der Waals surface area (Å²) in [6, 6.07) is 17.7. The Bertz CT molecular complexity index is 788. The third-order valence-electron chi connectivity index (χ3n) is 5.02. The second-order valence-electron chi connectivity index (χ2n) is 6.48. The first-order valence-electron chi connectivity index (χ1n) is 8.86. The van der Waals surface area contributed by atoms with Gasteiger partial charge in [-0.15, -0.1) is 0 Å². The summed E-state index contributed by atoms with van der Waals surface area (Å²) in [5, 5.41) is 0. The lowest BCUT2D eigenvalue weighted by molar-refractivity contribution is 0.202. The maximum atomic E-state index is 5.64. The minimum absolute atomic E-state index is 0.281. The number of nitrogens with zero attached hydrogens (tertiary/aromatic N) is 2. The Morgan fingerprint density at radius 2 is 1.96 bits per heavy atom.